The lowest BCUT2D eigenvalue weighted by Crippen LogP contribution is -2.15. The van der Waals surface area contributed by atoms with Crippen LogP contribution in [0.1, 0.15) is 5.56 Å². The summed E-state index contributed by atoms with van der Waals surface area (Å²) < 4.78 is 0. The minimum absolute atomic E-state index is 0. The Labute approximate surface area is 122 Å². The molecule has 0 atom stereocenters. The minimum Gasteiger partial charge on any atom is -0.368 e. The third-order valence-corrected chi connectivity index (χ3v) is 2.82. The van der Waals surface area contributed by atoms with E-state index >= 15 is 0 Å². The van der Waals surface area contributed by atoms with Crippen LogP contribution in [0.2, 0.25) is 0 Å². The van der Waals surface area contributed by atoms with Crippen molar-refractivity contribution in [2.24, 2.45) is 0 Å². The summed E-state index contributed by atoms with van der Waals surface area (Å²) in [7, 11) is 0. The van der Waals surface area contributed by atoms with Crippen molar-refractivity contribution in [1.29, 1.82) is 0 Å². The van der Waals surface area contributed by atoms with Crippen LogP contribution in [-0.4, -0.2) is 22.7 Å². The van der Waals surface area contributed by atoms with E-state index in [0.29, 0.717) is 5.95 Å². The van der Waals surface area contributed by atoms with Gasteiger partial charge in [-0.2, -0.15) is 14.6 Å². The molecule has 3 rings (SSSR count). The van der Waals surface area contributed by atoms with Crippen LogP contribution < -0.4 is 10.6 Å². The summed E-state index contributed by atoms with van der Waals surface area (Å²) in [5.74, 6) is 1.19. The number of nitrogen functional groups attached to an aromatic ring is 1. The van der Waals surface area contributed by atoms with Crippen molar-refractivity contribution in [2.45, 2.75) is 6.42 Å². The molecule has 0 bridgehead atoms. The van der Waals surface area contributed by atoms with Gasteiger partial charge in [0.1, 0.15) is 5.82 Å². The molecule has 7 heteroatoms. The van der Waals surface area contributed by atoms with Gasteiger partial charge in [-0.3, -0.25) is 0 Å². The van der Waals surface area contributed by atoms with E-state index in [2.05, 4.69) is 33.1 Å². The van der Waals surface area contributed by atoms with Crippen LogP contribution in [0.5, 0.6) is 0 Å². The van der Waals surface area contributed by atoms with Crippen molar-refractivity contribution in [3.63, 3.8) is 0 Å². The number of nitrogens with zero attached hydrogens (tertiary/aromatic N) is 3. The van der Waals surface area contributed by atoms with Crippen LogP contribution in [0, 0.1) is 0 Å². The Morgan fingerprint density at radius 2 is 1.90 bits per heavy atom. The summed E-state index contributed by atoms with van der Waals surface area (Å²) in [5.41, 5.74) is 8.18. The maximum Gasteiger partial charge on any atom is 0.373 e. The topological polar surface area (TPSA) is 89.2 Å². The van der Waals surface area contributed by atoms with Gasteiger partial charge in [0.25, 0.3) is 0 Å². The Hall–Kier alpha value is -2.43. The second-order valence-corrected chi connectivity index (χ2v) is 3.89. The number of anilines is 3. The SMILES string of the molecule is Cl.Nc1nccc(N2CCc3ccccc32)n1.O=C=O. The van der Waals surface area contributed by atoms with Crippen molar-refractivity contribution < 1.29 is 9.59 Å². The van der Waals surface area contributed by atoms with Crippen molar-refractivity contribution in [1.82, 2.24) is 9.97 Å². The molecular weight excluding hydrogens is 280 g/mol. The molecule has 0 fully saturated rings. The van der Waals surface area contributed by atoms with Gasteiger partial charge in [0.15, 0.2) is 0 Å². The van der Waals surface area contributed by atoms with Gasteiger partial charge in [-0.25, -0.2) is 4.98 Å². The Morgan fingerprint density at radius 1 is 1.20 bits per heavy atom. The summed E-state index contributed by atoms with van der Waals surface area (Å²) in [4.78, 5) is 26.6. The normalized spacial score (nSPS) is 11.5. The van der Waals surface area contributed by atoms with Gasteiger partial charge in [-0.05, 0) is 24.1 Å². The van der Waals surface area contributed by atoms with Crippen LogP contribution in [0.25, 0.3) is 0 Å². The summed E-state index contributed by atoms with van der Waals surface area (Å²) in [6.45, 7) is 0.954. The molecule has 2 N–H and O–H groups in total. The summed E-state index contributed by atoms with van der Waals surface area (Å²) in [5, 5.41) is 0. The average Bonchev–Trinajstić information content (AvgIpc) is 2.83. The zero-order chi connectivity index (χ0) is 13.7. The van der Waals surface area contributed by atoms with E-state index in [1.54, 1.807) is 6.20 Å². The first-order chi connectivity index (χ1) is 9.26. The molecule has 1 aromatic carbocycles. The molecule has 1 aromatic heterocycles. The fraction of sp³-hybridized carbons (Fsp3) is 0.154. The van der Waals surface area contributed by atoms with Gasteiger partial charge in [0.05, 0.1) is 0 Å². The number of fused-ring (bicyclic) bond motifs is 1. The van der Waals surface area contributed by atoms with E-state index in [0.717, 1.165) is 18.8 Å². The zero-order valence-electron chi connectivity index (χ0n) is 10.5. The van der Waals surface area contributed by atoms with Crippen LogP contribution in [0.4, 0.5) is 17.5 Å². The van der Waals surface area contributed by atoms with E-state index in [4.69, 9.17) is 15.3 Å². The van der Waals surface area contributed by atoms with E-state index in [1.165, 1.54) is 11.3 Å². The molecule has 1 aliphatic heterocycles. The third-order valence-electron chi connectivity index (χ3n) is 2.82. The monoisotopic (exact) mass is 292 g/mol. The lowest BCUT2D eigenvalue weighted by molar-refractivity contribution is -0.191. The first-order valence-electron chi connectivity index (χ1n) is 5.69. The number of carbonyl (C=O) groups excluding carboxylic acids is 2. The molecule has 2 aromatic rings. The van der Waals surface area contributed by atoms with E-state index < -0.39 is 0 Å². The Kier molecular flexibility index (Phi) is 5.65. The Bertz CT molecular complexity index is 615. The Balaban J connectivity index is 0.000000462. The molecule has 6 nitrogen and oxygen atoms in total. The van der Waals surface area contributed by atoms with Gasteiger partial charge in [0, 0.05) is 18.4 Å². The Morgan fingerprint density at radius 3 is 2.60 bits per heavy atom. The highest BCUT2D eigenvalue weighted by atomic mass is 35.5. The van der Waals surface area contributed by atoms with Crippen molar-refractivity contribution >= 4 is 36.0 Å². The third kappa shape index (κ3) is 3.32. The second-order valence-electron chi connectivity index (χ2n) is 3.89. The predicted octanol–water partition coefficient (Wildman–Crippen LogP) is 1.59. The maximum absolute atomic E-state index is 8.12. The number of hydrogen-bond donors (Lipinski definition) is 1. The van der Waals surface area contributed by atoms with Gasteiger partial charge in [-0.15, -0.1) is 12.4 Å². The fourth-order valence-corrected chi connectivity index (χ4v) is 2.09. The lowest BCUT2D eigenvalue weighted by atomic mass is 10.2. The van der Waals surface area contributed by atoms with E-state index in [1.807, 2.05) is 12.1 Å². The highest BCUT2D eigenvalue weighted by Crippen LogP contribution is 2.32. The molecular formula is C13H13ClN4O2. The molecule has 20 heavy (non-hydrogen) atoms. The molecule has 1 aliphatic rings. The molecule has 0 amide bonds. The predicted molar refractivity (Wildman–Crippen MR) is 75.9 cm³/mol. The molecule has 104 valence electrons. The standard InChI is InChI=1S/C12H12N4.CO2.ClH/c13-12-14-7-5-11(15-12)16-8-6-9-3-1-2-4-10(9)16;2-1-3;/h1-5,7H,6,8H2,(H2,13,14,15);;1H. The quantitative estimate of drug-likeness (QED) is 0.858. The number of nitrogens with two attached hydrogens (primary N) is 1. The van der Waals surface area contributed by atoms with Gasteiger partial charge in [0.2, 0.25) is 5.95 Å². The highest BCUT2D eigenvalue weighted by molar-refractivity contribution is 5.85. The number of halogens is 1. The zero-order valence-corrected chi connectivity index (χ0v) is 11.3. The van der Waals surface area contributed by atoms with Gasteiger partial charge in [-0.1, -0.05) is 18.2 Å². The maximum atomic E-state index is 8.12. The van der Waals surface area contributed by atoms with Crippen LogP contribution in [0.15, 0.2) is 36.5 Å². The van der Waals surface area contributed by atoms with Crippen molar-refractivity contribution in [3.05, 3.63) is 42.1 Å². The smallest absolute Gasteiger partial charge is 0.368 e. The molecule has 2 heterocycles. The van der Waals surface area contributed by atoms with Crippen LogP contribution in [-0.2, 0) is 16.0 Å². The average molecular weight is 293 g/mol. The van der Waals surface area contributed by atoms with Crippen molar-refractivity contribution in [2.75, 3.05) is 17.2 Å². The number of benzene rings is 1. The van der Waals surface area contributed by atoms with Crippen LogP contribution in [0.3, 0.4) is 0 Å². The minimum atomic E-state index is 0. The second kappa shape index (κ2) is 7.23. The lowest BCUT2D eigenvalue weighted by Gasteiger charge is -2.17. The first-order valence-corrected chi connectivity index (χ1v) is 5.69. The number of hydrogen-bond acceptors (Lipinski definition) is 6. The van der Waals surface area contributed by atoms with Crippen molar-refractivity contribution in [3.8, 4) is 0 Å². The molecule has 0 aliphatic carbocycles. The molecule has 0 radical (unpaired) electrons. The number of aromatic nitrogens is 2. The van der Waals surface area contributed by atoms with Gasteiger partial charge < -0.3 is 10.6 Å². The fourth-order valence-electron chi connectivity index (χ4n) is 2.09. The van der Waals surface area contributed by atoms with E-state index in [-0.39, 0.29) is 18.6 Å². The highest BCUT2D eigenvalue weighted by Gasteiger charge is 2.20. The number of para-hydroxylation sites is 1. The van der Waals surface area contributed by atoms with Gasteiger partial charge >= 0.3 is 6.15 Å². The summed E-state index contributed by atoms with van der Waals surface area (Å²) >= 11 is 0. The number of rotatable bonds is 1. The summed E-state index contributed by atoms with van der Waals surface area (Å²) in [6.07, 6.45) is 3.00. The first kappa shape index (κ1) is 15.6. The molecule has 0 spiro atoms. The molecule has 0 saturated heterocycles. The largest absolute Gasteiger partial charge is 0.373 e. The van der Waals surface area contributed by atoms with E-state index in [9.17, 15) is 0 Å². The summed E-state index contributed by atoms with van der Waals surface area (Å²) in [6, 6.07) is 10.3. The molecule has 0 saturated carbocycles. The molecule has 0 unspecified atom stereocenters. The van der Waals surface area contributed by atoms with Crippen LogP contribution >= 0.6 is 12.4 Å².